The maximum Gasteiger partial charge on any atom is 0.302 e. The number of nitrogens with zero attached hydrogens (tertiary/aromatic N) is 1. The van der Waals surface area contributed by atoms with Gasteiger partial charge in [0.15, 0.2) is 5.82 Å². The number of rotatable bonds is 3. The van der Waals surface area contributed by atoms with Crippen molar-refractivity contribution < 1.29 is 25.9 Å². The number of amides is 1. The molecule has 0 saturated carbocycles. The van der Waals surface area contributed by atoms with E-state index < -0.39 is 39.4 Å². The summed E-state index contributed by atoms with van der Waals surface area (Å²) in [6.45, 7) is -0.186. The number of benzene rings is 1. The zero-order chi connectivity index (χ0) is 15.1. The smallest absolute Gasteiger partial charge is 0.302 e. The molecule has 1 unspecified atom stereocenters. The van der Waals surface area contributed by atoms with Crippen molar-refractivity contribution in [2.75, 3.05) is 22.9 Å². The van der Waals surface area contributed by atoms with Gasteiger partial charge in [0.05, 0.1) is 11.4 Å². The third-order valence-electron chi connectivity index (χ3n) is 2.97. The standard InChI is InChI=1S/C11H11F3N2O3S/c12-7-2-8(13)11(9(15)3-7)16-4-6(1-10(16)17)5-20(14,18)19/h2-3,6H,1,4-5,15H2. The maximum atomic E-state index is 13.7. The highest BCUT2D eigenvalue weighted by Crippen LogP contribution is 2.33. The Balaban J connectivity index is 2.29. The van der Waals surface area contributed by atoms with Crippen molar-refractivity contribution in [2.24, 2.45) is 5.92 Å². The molecule has 1 fully saturated rings. The Labute approximate surface area is 113 Å². The molecule has 20 heavy (non-hydrogen) atoms. The van der Waals surface area contributed by atoms with Gasteiger partial charge >= 0.3 is 10.2 Å². The Bertz CT molecular complexity index is 640. The molecule has 1 aromatic rings. The highest BCUT2D eigenvalue weighted by molar-refractivity contribution is 7.86. The van der Waals surface area contributed by atoms with Crippen LogP contribution in [0.25, 0.3) is 0 Å². The van der Waals surface area contributed by atoms with Crippen LogP contribution in [0.15, 0.2) is 12.1 Å². The fourth-order valence-electron chi connectivity index (χ4n) is 2.26. The van der Waals surface area contributed by atoms with Gasteiger partial charge in [-0.1, -0.05) is 0 Å². The van der Waals surface area contributed by atoms with Gasteiger partial charge < -0.3 is 10.6 Å². The molecule has 0 aromatic heterocycles. The Morgan fingerprint density at radius 3 is 2.55 bits per heavy atom. The van der Waals surface area contributed by atoms with Crippen LogP contribution in [0.1, 0.15) is 6.42 Å². The molecular weight excluding hydrogens is 297 g/mol. The molecule has 110 valence electrons. The first-order chi connectivity index (χ1) is 9.17. The van der Waals surface area contributed by atoms with Crippen LogP contribution >= 0.6 is 0 Å². The van der Waals surface area contributed by atoms with Gasteiger partial charge in [0, 0.05) is 24.9 Å². The average Bonchev–Trinajstić information content (AvgIpc) is 2.55. The largest absolute Gasteiger partial charge is 0.397 e. The first kappa shape index (κ1) is 14.6. The average molecular weight is 308 g/mol. The number of hydrogen-bond acceptors (Lipinski definition) is 4. The van der Waals surface area contributed by atoms with E-state index >= 15 is 0 Å². The van der Waals surface area contributed by atoms with Crippen molar-refractivity contribution >= 4 is 27.5 Å². The van der Waals surface area contributed by atoms with Crippen molar-refractivity contribution in [3.05, 3.63) is 23.8 Å². The quantitative estimate of drug-likeness (QED) is 0.672. The van der Waals surface area contributed by atoms with E-state index in [-0.39, 0.29) is 24.3 Å². The summed E-state index contributed by atoms with van der Waals surface area (Å²) in [6.07, 6.45) is -0.237. The molecule has 1 amide bonds. The summed E-state index contributed by atoms with van der Waals surface area (Å²) in [4.78, 5) is 12.7. The predicted octanol–water partition coefficient (Wildman–Crippen LogP) is 1.20. The Hall–Kier alpha value is -1.77. The van der Waals surface area contributed by atoms with Crippen molar-refractivity contribution in [1.82, 2.24) is 0 Å². The van der Waals surface area contributed by atoms with Gasteiger partial charge in [-0.25, -0.2) is 8.78 Å². The molecule has 0 bridgehead atoms. The Morgan fingerprint density at radius 2 is 2.00 bits per heavy atom. The number of anilines is 2. The lowest BCUT2D eigenvalue weighted by Crippen LogP contribution is -2.27. The molecule has 0 radical (unpaired) electrons. The van der Waals surface area contributed by atoms with Gasteiger partial charge in [-0.2, -0.15) is 8.42 Å². The molecule has 2 N–H and O–H groups in total. The van der Waals surface area contributed by atoms with E-state index in [9.17, 15) is 25.9 Å². The van der Waals surface area contributed by atoms with Crippen LogP contribution in [-0.4, -0.2) is 26.6 Å². The lowest BCUT2D eigenvalue weighted by Gasteiger charge is -2.19. The first-order valence-corrected chi connectivity index (χ1v) is 7.20. The van der Waals surface area contributed by atoms with E-state index in [1.54, 1.807) is 0 Å². The summed E-state index contributed by atoms with van der Waals surface area (Å²) in [7, 11) is -4.73. The zero-order valence-corrected chi connectivity index (χ0v) is 11.0. The summed E-state index contributed by atoms with van der Waals surface area (Å²) >= 11 is 0. The molecule has 2 rings (SSSR count). The SMILES string of the molecule is Nc1cc(F)cc(F)c1N1CC(CS(=O)(=O)F)CC1=O. The molecule has 0 aliphatic carbocycles. The maximum absolute atomic E-state index is 13.7. The monoisotopic (exact) mass is 308 g/mol. The lowest BCUT2D eigenvalue weighted by molar-refractivity contribution is -0.117. The fraction of sp³-hybridized carbons (Fsp3) is 0.364. The number of nitrogens with two attached hydrogens (primary N) is 1. The highest BCUT2D eigenvalue weighted by Gasteiger charge is 2.35. The second-order valence-electron chi connectivity index (χ2n) is 4.61. The Morgan fingerprint density at radius 1 is 1.35 bits per heavy atom. The summed E-state index contributed by atoms with van der Waals surface area (Å²) in [5.74, 6) is -4.12. The molecule has 1 aromatic carbocycles. The first-order valence-electron chi connectivity index (χ1n) is 5.64. The van der Waals surface area contributed by atoms with Crippen LogP contribution in [0, 0.1) is 17.6 Å². The number of carbonyl (C=O) groups excluding carboxylic acids is 1. The van der Waals surface area contributed by atoms with Gasteiger partial charge in [0.2, 0.25) is 5.91 Å². The van der Waals surface area contributed by atoms with E-state index in [1.807, 2.05) is 0 Å². The lowest BCUT2D eigenvalue weighted by atomic mass is 10.1. The number of carbonyl (C=O) groups is 1. The summed E-state index contributed by atoms with van der Waals surface area (Å²) in [5, 5.41) is 0. The molecule has 5 nitrogen and oxygen atoms in total. The van der Waals surface area contributed by atoms with E-state index in [0.717, 1.165) is 11.0 Å². The second-order valence-corrected chi connectivity index (χ2v) is 6.02. The number of halogens is 3. The van der Waals surface area contributed by atoms with Gasteiger partial charge in [-0.05, 0) is 6.07 Å². The molecule has 1 heterocycles. The minimum Gasteiger partial charge on any atom is -0.397 e. The number of hydrogen-bond donors (Lipinski definition) is 1. The van der Waals surface area contributed by atoms with Crippen molar-refractivity contribution in [3.63, 3.8) is 0 Å². The predicted molar refractivity (Wildman–Crippen MR) is 66.1 cm³/mol. The molecule has 1 aliphatic heterocycles. The van der Waals surface area contributed by atoms with E-state index in [4.69, 9.17) is 5.73 Å². The van der Waals surface area contributed by atoms with E-state index in [1.165, 1.54) is 0 Å². The topological polar surface area (TPSA) is 80.5 Å². The van der Waals surface area contributed by atoms with E-state index in [0.29, 0.717) is 6.07 Å². The van der Waals surface area contributed by atoms with Gasteiger partial charge in [-0.15, -0.1) is 3.89 Å². The summed E-state index contributed by atoms with van der Waals surface area (Å²) in [5.41, 5.74) is 4.88. The van der Waals surface area contributed by atoms with Gasteiger partial charge in [0.1, 0.15) is 11.5 Å². The Kier molecular flexibility index (Phi) is 3.63. The van der Waals surface area contributed by atoms with E-state index in [2.05, 4.69) is 0 Å². The van der Waals surface area contributed by atoms with Gasteiger partial charge in [-0.3, -0.25) is 4.79 Å². The minimum absolute atomic E-state index is 0.186. The van der Waals surface area contributed by atoms with Crippen LogP contribution in [0.4, 0.5) is 24.0 Å². The molecule has 9 heteroatoms. The van der Waals surface area contributed by atoms with Crippen LogP contribution in [0.3, 0.4) is 0 Å². The molecule has 1 aliphatic rings. The zero-order valence-electron chi connectivity index (χ0n) is 10.1. The van der Waals surface area contributed by atoms with Crippen LogP contribution in [0.2, 0.25) is 0 Å². The van der Waals surface area contributed by atoms with Gasteiger partial charge in [0.25, 0.3) is 0 Å². The summed E-state index contributed by atoms with van der Waals surface area (Å²) in [6, 6.07) is 1.42. The molecular formula is C11H11F3N2O3S. The summed E-state index contributed by atoms with van der Waals surface area (Å²) < 4.78 is 60.4. The molecule has 1 atom stereocenters. The van der Waals surface area contributed by atoms with Crippen LogP contribution in [0.5, 0.6) is 0 Å². The van der Waals surface area contributed by atoms with Crippen molar-refractivity contribution in [2.45, 2.75) is 6.42 Å². The number of nitrogen functional groups attached to an aromatic ring is 1. The van der Waals surface area contributed by atoms with Crippen molar-refractivity contribution in [1.29, 1.82) is 0 Å². The minimum atomic E-state index is -4.73. The molecule has 1 saturated heterocycles. The van der Waals surface area contributed by atoms with Crippen LogP contribution in [-0.2, 0) is 15.0 Å². The van der Waals surface area contributed by atoms with Crippen molar-refractivity contribution in [3.8, 4) is 0 Å². The molecule has 0 spiro atoms. The third-order valence-corrected chi connectivity index (χ3v) is 3.84. The third kappa shape index (κ3) is 3.03. The van der Waals surface area contributed by atoms with Crippen LogP contribution < -0.4 is 10.6 Å². The second kappa shape index (κ2) is 4.97. The highest BCUT2D eigenvalue weighted by atomic mass is 32.3. The fourth-order valence-corrected chi connectivity index (χ4v) is 3.05. The normalized spacial score (nSPS) is 19.6.